The molecule has 6 nitrogen and oxygen atoms in total. The van der Waals surface area contributed by atoms with E-state index in [0.29, 0.717) is 0 Å². The fourth-order valence-electron chi connectivity index (χ4n) is 0.0598. The summed E-state index contributed by atoms with van der Waals surface area (Å²) in [6.45, 7) is 0. The second kappa shape index (κ2) is 8.56. The Morgan fingerprint density at radius 1 is 1.11 bits per heavy atom. The summed E-state index contributed by atoms with van der Waals surface area (Å²) in [7, 11) is -5.85. The molecule has 0 fully saturated rings. The second-order valence-corrected chi connectivity index (χ2v) is 2.16. The van der Waals surface area contributed by atoms with Crippen LogP contribution in [0.3, 0.4) is 0 Å². The quantitative estimate of drug-likeness (QED) is 0.455. The van der Waals surface area contributed by atoms with Gasteiger partial charge in [-0.05, 0) is 0 Å². The Balaban J connectivity index is -0.000000180. The summed E-state index contributed by atoms with van der Waals surface area (Å²) < 4.78 is 22.2. The summed E-state index contributed by atoms with van der Waals surface area (Å²) in [5.41, 5.74) is 0. The molecule has 1 radical (unpaired) electrons. The zero-order chi connectivity index (χ0) is 5.86. The molecular weight excluding hydrogens is 211 g/mol. The monoisotopic (exact) mass is 216 g/mol. The fraction of sp³-hybridized carbons (Fsp3) is 0. The average Bonchev–Trinajstić information content (AvgIpc) is 1.27. The van der Waals surface area contributed by atoms with E-state index < -0.39 is 16.5 Å². The first-order chi connectivity index (χ1) is 3.13. The molecule has 0 rings (SSSR count). The van der Waals surface area contributed by atoms with Crippen molar-refractivity contribution < 1.29 is 40.3 Å². The molecule has 0 aromatic carbocycles. The second-order valence-electron chi connectivity index (χ2n) is 0.557. The standard InChI is InChI=1S/Mn.H3N.O5P2/c;;1-6(2)5-7(3)4/h;1H3;/p+2. The molecule has 0 heterocycles. The van der Waals surface area contributed by atoms with Gasteiger partial charge in [-0.15, -0.1) is 9.79 Å². The molecule has 0 aromatic heterocycles. The Morgan fingerprint density at radius 3 is 1.33 bits per heavy atom. The van der Waals surface area contributed by atoms with Gasteiger partial charge < -0.3 is 6.15 Å². The van der Waals surface area contributed by atoms with E-state index in [9.17, 15) is 9.13 Å². The van der Waals surface area contributed by atoms with Gasteiger partial charge in [0.15, 0.2) is 4.31 Å². The van der Waals surface area contributed by atoms with Crippen LogP contribution in [0.1, 0.15) is 0 Å². The topological polar surface area (TPSA) is 119 Å². The summed E-state index contributed by atoms with van der Waals surface area (Å²) in [5, 5.41) is 0. The zero-order valence-electron chi connectivity index (χ0n) is 4.10. The Morgan fingerprint density at radius 2 is 1.33 bits per heavy atom. The van der Waals surface area contributed by atoms with Crippen LogP contribution in [-0.4, -0.2) is 9.79 Å². The van der Waals surface area contributed by atoms with Crippen LogP contribution in [0.15, 0.2) is 0 Å². The summed E-state index contributed by atoms with van der Waals surface area (Å²) in [6.07, 6.45) is 0. The van der Waals surface area contributed by atoms with Crippen LogP contribution in [0.4, 0.5) is 0 Å². The minimum absolute atomic E-state index is 0. The first kappa shape index (κ1) is 16.3. The number of hydrogen-bond donors (Lipinski definition) is 3. The molecule has 5 N–H and O–H groups in total. The van der Waals surface area contributed by atoms with Crippen LogP contribution in [0.25, 0.3) is 0 Å². The van der Waals surface area contributed by atoms with Crippen molar-refractivity contribution in [3.05, 3.63) is 0 Å². The van der Waals surface area contributed by atoms with Crippen LogP contribution < -0.4 is 6.15 Å². The summed E-state index contributed by atoms with van der Waals surface area (Å²) in [5.74, 6) is 0. The van der Waals surface area contributed by atoms with Crippen molar-refractivity contribution in [1.82, 2.24) is 6.15 Å². The predicted octanol–water partition coefficient (Wildman–Crippen LogP) is 0.462. The van der Waals surface area contributed by atoms with Crippen molar-refractivity contribution >= 4 is 16.5 Å². The van der Waals surface area contributed by atoms with Crippen LogP contribution in [0.2, 0.25) is 0 Å². The van der Waals surface area contributed by atoms with E-state index in [1.807, 2.05) is 0 Å². The SMILES string of the molecule is N.O=[P+](O)O[P+](=O)O.[Mn]. The molecule has 9 heteroatoms. The molecule has 2 atom stereocenters. The minimum Gasteiger partial charge on any atom is -0.344 e. The van der Waals surface area contributed by atoms with Gasteiger partial charge in [-0.3, -0.25) is 0 Å². The number of hydrogen-bond acceptors (Lipinski definition) is 4. The van der Waals surface area contributed by atoms with E-state index in [2.05, 4.69) is 4.31 Å². The van der Waals surface area contributed by atoms with Crippen molar-refractivity contribution in [2.75, 3.05) is 0 Å². The van der Waals surface area contributed by atoms with Crippen molar-refractivity contribution in [2.45, 2.75) is 0 Å². The summed E-state index contributed by atoms with van der Waals surface area (Å²) in [4.78, 5) is 15.3. The fourth-order valence-corrected chi connectivity index (χ4v) is 0.538. The molecular formula is H5MnNO5P2+2. The molecule has 0 bridgehead atoms. The molecule has 9 heavy (non-hydrogen) atoms. The van der Waals surface area contributed by atoms with Gasteiger partial charge in [0.25, 0.3) is 0 Å². The van der Waals surface area contributed by atoms with Gasteiger partial charge >= 0.3 is 16.5 Å². The van der Waals surface area contributed by atoms with Gasteiger partial charge in [-0.2, -0.15) is 0 Å². The zero-order valence-corrected chi connectivity index (χ0v) is 7.07. The molecule has 0 aromatic rings. The third-order valence-corrected chi connectivity index (χ3v) is 1.26. The molecule has 0 aliphatic rings. The van der Waals surface area contributed by atoms with Crippen LogP contribution in [0, 0.1) is 0 Å². The summed E-state index contributed by atoms with van der Waals surface area (Å²) >= 11 is 0. The average molecular weight is 216 g/mol. The summed E-state index contributed by atoms with van der Waals surface area (Å²) in [6, 6.07) is 0. The maximum absolute atomic E-state index is 9.39. The van der Waals surface area contributed by atoms with E-state index in [0.717, 1.165) is 0 Å². The Bertz CT molecular complexity index is 91.1. The van der Waals surface area contributed by atoms with Gasteiger partial charge in [0, 0.05) is 26.2 Å². The van der Waals surface area contributed by atoms with Gasteiger partial charge in [0.05, 0.1) is 0 Å². The third kappa shape index (κ3) is 17.7. The first-order valence-electron chi connectivity index (χ1n) is 1.13. The largest absolute Gasteiger partial charge is 0.745 e. The predicted molar refractivity (Wildman–Crippen MR) is 25.8 cm³/mol. The molecule has 55 valence electrons. The van der Waals surface area contributed by atoms with Crippen molar-refractivity contribution in [3.8, 4) is 0 Å². The maximum atomic E-state index is 9.39. The molecule has 2 unspecified atom stereocenters. The van der Waals surface area contributed by atoms with Crippen molar-refractivity contribution in [2.24, 2.45) is 0 Å². The molecule has 0 aliphatic carbocycles. The minimum atomic E-state index is -2.92. The van der Waals surface area contributed by atoms with Crippen molar-refractivity contribution in [1.29, 1.82) is 0 Å². The number of rotatable bonds is 2. The Hall–Kier alpha value is 0.559. The molecule has 0 saturated carbocycles. The van der Waals surface area contributed by atoms with E-state index in [1.165, 1.54) is 0 Å². The van der Waals surface area contributed by atoms with Crippen LogP contribution in [0.5, 0.6) is 0 Å². The van der Waals surface area contributed by atoms with Gasteiger partial charge in [0.2, 0.25) is 0 Å². The maximum Gasteiger partial charge on any atom is 0.745 e. The van der Waals surface area contributed by atoms with Gasteiger partial charge in [-0.1, -0.05) is 0 Å². The molecule has 0 aliphatic heterocycles. The van der Waals surface area contributed by atoms with Gasteiger partial charge in [0.1, 0.15) is 0 Å². The smallest absolute Gasteiger partial charge is 0.344 e. The molecule has 0 amide bonds. The van der Waals surface area contributed by atoms with E-state index >= 15 is 0 Å². The third-order valence-electron chi connectivity index (χ3n) is 0.140. The molecule has 0 saturated heterocycles. The Kier molecular flexibility index (Phi) is 15.5. The van der Waals surface area contributed by atoms with Gasteiger partial charge in [-0.25, -0.2) is 0 Å². The first-order valence-corrected chi connectivity index (χ1v) is 3.39. The van der Waals surface area contributed by atoms with E-state index in [1.54, 1.807) is 0 Å². The normalized spacial score (nSPS) is 10.4. The van der Waals surface area contributed by atoms with E-state index in [4.69, 9.17) is 9.79 Å². The Labute approximate surface area is 63.6 Å². The van der Waals surface area contributed by atoms with Crippen LogP contribution in [-0.2, 0) is 30.5 Å². The molecule has 0 spiro atoms. The van der Waals surface area contributed by atoms with Crippen molar-refractivity contribution in [3.63, 3.8) is 0 Å². The van der Waals surface area contributed by atoms with Crippen LogP contribution >= 0.6 is 16.5 Å². The van der Waals surface area contributed by atoms with E-state index in [-0.39, 0.29) is 23.2 Å².